The first-order chi connectivity index (χ1) is 9.84. The van der Waals surface area contributed by atoms with Crippen molar-refractivity contribution in [1.29, 1.82) is 0 Å². The molecule has 0 radical (unpaired) electrons. The van der Waals surface area contributed by atoms with Crippen LogP contribution in [0.15, 0.2) is 23.1 Å². The van der Waals surface area contributed by atoms with Crippen molar-refractivity contribution in [3.63, 3.8) is 0 Å². The average Bonchev–Trinajstić information content (AvgIpc) is 2.63. The quantitative estimate of drug-likeness (QED) is 0.681. The first-order valence-corrected chi connectivity index (χ1v) is 8.27. The van der Waals surface area contributed by atoms with Crippen molar-refractivity contribution in [3.8, 4) is 5.75 Å². The normalized spacial score (nSPS) is 20.9. The standard InChI is InChI=1S/C13H18N2O5S/c1-10-5-3-2-4-8-14(10)21(19,20)11-6-7-13(16)12(9-11)15(17)18/h6-7,9-10,16H,2-5,8H2,1H3. The fourth-order valence-corrected chi connectivity index (χ4v) is 4.27. The van der Waals surface area contributed by atoms with E-state index in [0.29, 0.717) is 6.54 Å². The first kappa shape index (κ1) is 15.7. The molecule has 1 atom stereocenters. The minimum atomic E-state index is -3.79. The Bertz CT molecular complexity index is 644. The van der Waals surface area contributed by atoms with Gasteiger partial charge in [-0.1, -0.05) is 12.8 Å². The van der Waals surface area contributed by atoms with Crippen LogP contribution >= 0.6 is 0 Å². The van der Waals surface area contributed by atoms with Gasteiger partial charge in [0.2, 0.25) is 10.0 Å². The van der Waals surface area contributed by atoms with Gasteiger partial charge in [-0.15, -0.1) is 0 Å². The molecule has 1 fully saturated rings. The van der Waals surface area contributed by atoms with E-state index in [1.807, 2.05) is 6.92 Å². The predicted molar refractivity (Wildman–Crippen MR) is 76.6 cm³/mol. The summed E-state index contributed by atoms with van der Waals surface area (Å²) in [7, 11) is -3.79. The van der Waals surface area contributed by atoms with E-state index < -0.39 is 26.4 Å². The highest BCUT2D eigenvalue weighted by molar-refractivity contribution is 7.89. The summed E-state index contributed by atoms with van der Waals surface area (Å²) in [4.78, 5) is 9.89. The molecule has 0 bridgehead atoms. The molecular formula is C13H18N2O5S. The van der Waals surface area contributed by atoms with Gasteiger partial charge in [-0.3, -0.25) is 10.1 Å². The van der Waals surface area contributed by atoms with Crippen LogP contribution in [0.1, 0.15) is 32.6 Å². The molecule has 1 aromatic carbocycles. The van der Waals surface area contributed by atoms with E-state index in [0.717, 1.165) is 37.8 Å². The lowest BCUT2D eigenvalue weighted by Gasteiger charge is -2.26. The Morgan fingerprint density at radius 2 is 2.05 bits per heavy atom. The van der Waals surface area contributed by atoms with Gasteiger partial charge in [-0.05, 0) is 31.9 Å². The molecule has 0 aromatic heterocycles. The number of hydrogen-bond acceptors (Lipinski definition) is 5. The SMILES string of the molecule is CC1CCCCCN1S(=O)(=O)c1ccc(O)c([N+](=O)[O-])c1. The number of phenols is 1. The topological polar surface area (TPSA) is 101 Å². The highest BCUT2D eigenvalue weighted by atomic mass is 32.2. The van der Waals surface area contributed by atoms with Crippen LogP contribution in [0.5, 0.6) is 5.75 Å². The van der Waals surface area contributed by atoms with Gasteiger partial charge in [0.15, 0.2) is 5.75 Å². The van der Waals surface area contributed by atoms with Crippen LogP contribution < -0.4 is 0 Å². The van der Waals surface area contributed by atoms with Crippen LogP contribution in [0.25, 0.3) is 0 Å². The summed E-state index contributed by atoms with van der Waals surface area (Å²) < 4.78 is 26.7. The van der Waals surface area contributed by atoms with Gasteiger partial charge in [-0.25, -0.2) is 8.42 Å². The van der Waals surface area contributed by atoms with Gasteiger partial charge in [0, 0.05) is 18.7 Å². The molecule has 0 amide bonds. The number of benzene rings is 1. The summed E-state index contributed by atoms with van der Waals surface area (Å²) in [5, 5.41) is 20.3. The number of hydrogen-bond donors (Lipinski definition) is 1. The number of rotatable bonds is 3. The third-order valence-electron chi connectivity index (χ3n) is 3.74. The monoisotopic (exact) mass is 314 g/mol. The zero-order valence-corrected chi connectivity index (χ0v) is 12.5. The van der Waals surface area contributed by atoms with Crippen LogP contribution in [-0.4, -0.2) is 35.3 Å². The van der Waals surface area contributed by atoms with E-state index in [1.54, 1.807) is 0 Å². The second kappa shape index (κ2) is 5.98. The number of sulfonamides is 1. The smallest absolute Gasteiger partial charge is 0.312 e. The van der Waals surface area contributed by atoms with Gasteiger partial charge in [0.1, 0.15) is 0 Å². The largest absolute Gasteiger partial charge is 0.502 e. The molecule has 1 heterocycles. The second-order valence-electron chi connectivity index (χ2n) is 5.22. The van der Waals surface area contributed by atoms with E-state index in [-0.39, 0.29) is 10.9 Å². The van der Waals surface area contributed by atoms with Crippen molar-refractivity contribution in [3.05, 3.63) is 28.3 Å². The van der Waals surface area contributed by atoms with Crippen molar-refractivity contribution in [2.45, 2.75) is 43.5 Å². The Labute approximate surface area is 123 Å². The molecule has 0 aliphatic carbocycles. The number of nitro benzene ring substituents is 1. The average molecular weight is 314 g/mol. The summed E-state index contributed by atoms with van der Waals surface area (Å²) in [5.74, 6) is -0.539. The summed E-state index contributed by atoms with van der Waals surface area (Å²) in [6, 6.07) is 3.04. The zero-order chi connectivity index (χ0) is 15.6. The van der Waals surface area contributed by atoms with Gasteiger partial charge >= 0.3 is 5.69 Å². The van der Waals surface area contributed by atoms with Gasteiger partial charge < -0.3 is 5.11 Å². The molecule has 1 N–H and O–H groups in total. The Kier molecular flexibility index (Phi) is 4.48. The van der Waals surface area contributed by atoms with Gasteiger partial charge in [-0.2, -0.15) is 4.31 Å². The van der Waals surface area contributed by atoms with E-state index in [4.69, 9.17) is 0 Å². The zero-order valence-electron chi connectivity index (χ0n) is 11.7. The lowest BCUT2D eigenvalue weighted by molar-refractivity contribution is -0.386. The summed E-state index contributed by atoms with van der Waals surface area (Å²) in [5.41, 5.74) is -0.599. The van der Waals surface area contributed by atoms with Crippen LogP contribution in [0.3, 0.4) is 0 Å². The third-order valence-corrected chi connectivity index (χ3v) is 5.75. The molecule has 0 saturated carbocycles. The Morgan fingerprint density at radius 1 is 1.33 bits per heavy atom. The van der Waals surface area contributed by atoms with Crippen molar-refractivity contribution in [2.24, 2.45) is 0 Å². The summed E-state index contributed by atoms with van der Waals surface area (Å²) in [6.45, 7) is 2.26. The van der Waals surface area contributed by atoms with E-state index in [9.17, 15) is 23.6 Å². The molecule has 7 nitrogen and oxygen atoms in total. The van der Waals surface area contributed by atoms with Crippen LogP contribution in [0, 0.1) is 10.1 Å². The van der Waals surface area contributed by atoms with Gasteiger partial charge in [0.05, 0.1) is 9.82 Å². The number of nitro groups is 1. The molecule has 1 aromatic rings. The lowest BCUT2D eigenvalue weighted by Crippen LogP contribution is -2.38. The van der Waals surface area contributed by atoms with Crippen molar-refractivity contribution < 1.29 is 18.4 Å². The second-order valence-corrected chi connectivity index (χ2v) is 7.11. The lowest BCUT2D eigenvalue weighted by atomic mass is 10.1. The predicted octanol–water partition coefficient (Wildman–Crippen LogP) is 2.25. The molecular weight excluding hydrogens is 296 g/mol. The van der Waals surface area contributed by atoms with Crippen molar-refractivity contribution >= 4 is 15.7 Å². The van der Waals surface area contributed by atoms with Crippen molar-refractivity contribution in [2.75, 3.05) is 6.54 Å². The maximum atomic E-state index is 12.7. The molecule has 1 aliphatic heterocycles. The minimum Gasteiger partial charge on any atom is -0.502 e. The molecule has 116 valence electrons. The van der Waals surface area contributed by atoms with E-state index >= 15 is 0 Å². The maximum Gasteiger partial charge on any atom is 0.312 e. The minimum absolute atomic E-state index is 0.134. The highest BCUT2D eigenvalue weighted by Crippen LogP contribution is 2.31. The van der Waals surface area contributed by atoms with E-state index in [2.05, 4.69) is 0 Å². The summed E-state index contributed by atoms with van der Waals surface area (Å²) in [6.07, 6.45) is 3.51. The van der Waals surface area contributed by atoms with Crippen LogP contribution in [-0.2, 0) is 10.0 Å². The van der Waals surface area contributed by atoms with Crippen LogP contribution in [0.4, 0.5) is 5.69 Å². The Balaban J connectivity index is 2.43. The molecule has 1 unspecified atom stereocenters. The fourth-order valence-electron chi connectivity index (χ4n) is 2.55. The molecule has 2 rings (SSSR count). The number of phenolic OH excluding ortho intramolecular Hbond substituents is 1. The number of nitrogens with zero attached hydrogens (tertiary/aromatic N) is 2. The highest BCUT2D eigenvalue weighted by Gasteiger charge is 2.31. The first-order valence-electron chi connectivity index (χ1n) is 6.83. The molecule has 1 saturated heterocycles. The molecule has 8 heteroatoms. The van der Waals surface area contributed by atoms with Crippen LogP contribution in [0.2, 0.25) is 0 Å². The molecule has 21 heavy (non-hydrogen) atoms. The summed E-state index contributed by atoms with van der Waals surface area (Å²) >= 11 is 0. The van der Waals surface area contributed by atoms with E-state index in [1.165, 1.54) is 10.4 Å². The Morgan fingerprint density at radius 3 is 2.71 bits per heavy atom. The molecule has 0 spiro atoms. The van der Waals surface area contributed by atoms with Gasteiger partial charge in [0.25, 0.3) is 0 Å². The Hall–Kier alpha value is -1.67. The molecule has 1 aliphatic rings. The van der Waals surface area contributed by atoms with Crippen molar-refractivity contribution in [1.82, 2.24) is 4.31 Å². The third kappa shape index (κ3) is 3.16. The number of aromatic hydroxyl groups is 1. The fraction of sp³-hybridized carbons (Fsp3) is 0.538. The maximum absolute atomic E-state index is 12.7.